The maximum absolute atomic E-state index is 14.2. The molecule has 1 aromatic heterocycles. The number of nitrogens with two attached hydrogens (primary N) is 2. The summed E-state index contributed by atoms with van der Waals surface area (Å²) in [4.78, 5) is 57.2. The van der Waals surface area contributed by atoms with Gasteiger partial charge in [-0.2, -0.15) is 0 Å². The summed E-state index contributed by atoms with van der Waals surface area (Å²) in [6, 6.07) is 22.6. The Labute approximate surface area is 264 Å². The van der Waals surface area contributed by atoms with Gasteiger partial charge in [0.05, 0.1) is 18.2 Å². The van der Waals surface area contributed by atoms with E-state index in [2.05, 4.69) is 15.6 Å². The Hall–Kier alpha value is -5.07. The van der Waals surface area contributed by atoms with Crippen LogP contribution in [0.2, 0.25) is 0 Å². The minimum Gasteiger partial charge on any atom is -0.494 e. The van der Waals surface area contributed by atoms with Gasteiger partial charge in [0.1, 0.15) is 15.6 Å². The summed E-state index contributed by atoms with van der Waals surface area (Å²) in [7, 11) is 0. The second-order valence-electron chi connectivity index (χ2n) is 10.2. The van der Waals surface area contributed by atoms with Crippen LogP contribution in [-0.2, 0) is 32.9 Å². The van der Waals surface area contributed by atoms with E-state index in [-0.39, 0.29) is 40.1 Å². The number of rotatable bonds is 14. The molecule has 0 radical (unpaired) electrons. The van der Waals surface area contributed by atoms with Gasteiger partial charge in [-0.1, -0.05) is 66.7 Å². The number of amides is 3. The molecule has 0 aliphatic carbocycles. The van der Waals surface area contributed by atoms with Crippen molar-refractivity contribution in [3.8, 4) is 5.75 Å². The number of primary amides is 1. The van der Waals surface area contributed by atoms with E-state index >= 15 is 0 Å². The van der Waals surface area contributed by atoms with Crippen LogP contribution >= 0.6 is 11.3 Å². The van der Waals surface area contributed by atoms with Crippen molar-refractivity contribution in [3.05, 3.63) is 117 Å². The van der Waals surface area contributed by atoms with E-state index in [0.29, 0.717) is 35.8 Å². The molecule has 0 aliphatic rings. The molecule has 0 fully saturated rings. The van der Waals surface area contributed by atoms with Crippen LogP contribution in [0.3, 0.4) is 0 Å². The van der Waals surface area contributed by atoms with Gasteiger partial charge >= 0.3 is 5.97 Å². The molecular weight excluding hydrogens is 594 g/mol. The number of hydrogen-bond donors (Lipinski definition) is 5. The lowest BCUT2D eigenvalue weighted by Gasteiger charge is -2.29. The Balaban J connectivity index is 1.68. The number of aryl methyl sites for hydroxylation is 1. The molecule has 234 valence electrons. The minimum atomic E-state index is -2.20. The van der Waals surface area contributed by atoms with E-state index in [0.717, 1.165) is 11.1 Å². The van der Waals surface area contributed by atoms with E-state index in [9.17, 15) is 24.3 Å². The molecule has 0 saturated heterocycles. The second kappa shape index (κ2) is 14.6. The van der Waals surface area contributed by atoms with Gasteiger partial charge in [-0.25, -0.2) is 9.78 Å². The summed E-state index contributed by atoms with van der Waals surface area (Å²) < 4.78 is 5.52. The topological polar surface area (TPSA) is 187 Å². The average Bonchev–Trinajstić information content (AvgIpc) is 3.43. The summed E-state index contributed by atoms with van der Waals surface area (Å²) in [5, 5.41) is 15.3. The third kappa shape index (κ3) is 7.19. The highest BCUT2D eigenvalue weighted by molar-refractivity contribution is 7.14. The summed E-state index contributed by atoms with van der Waals surface area (Å²) in [5.74, 6) is -3.85. The molecule has 4 rings (SSSR count). The van der Waals surface area contributed by atoms with Crippen molar-refractivity contribution in [2.75, 3.05) is 13.2 Å². The Kier molecular flexibility index (Phi) is 10.7. The van der Waals surface area contributed by atoms with Gasteiger partial charge < -0.3 is 31.9 Å². The molecule has 2 atom stereocenters. The first kappa shape index (κ1) is 32.8. The SMILES string of the molecule is CCOc1ccc([C@@](C(N)=O)(C(=O)NC[C@H](C(=O)NCc2ccc(CN)cc2)c2ccccc2)c2nc(C)c(C(=O)O)s2)cc1. The number of benzene rings is 3. The van der Waals surface area contributed by atoms with E-state index < -0.39 is 29.1 Å². The molecule has 12 heteroatoms. The van der Waals surface area contributed by atoms with Gasteiger partial charge in [-0.15, -0.1) is 11.3 Å². The van der Waals surface area contributed by atoms with Crippen molar-refractivity contribution in [2.24, 2.45) is 11.5 Å². The summed E-state index contributed by atoms with van der Waals surface area (Å²) in [6.07, 6.45) is 0. The molecule has 0 spiro atoms. The molecule has 0 unspecified atom stereocenters. The fraction of sp³-hybridized carbons (Fsp3) is 0.242. The predicted octanol–water partition coefficient (Wildman–Crippen LogP) is 2.99. The van der Waals surface area contributed by atoms with Gasteiger partial charge in [0.15, 0.2) is 0 Å². The summed E-state index contributed by atoms with van der Waals surface area (Å²) >= 11 is 0.695. The van der Waals surface area contributed by atoms with Crippen LogP contribution in [-0.4, -0.2) is 46.9 Å². The maximum atomic E-state index is 14.2. The van der Waals surface area contributed by atoms with Crippen molar-refractivity contribution in [3.63, 3.8) is 0 Å². The molecule has 3 amide bonds. The average molecular weight is 630 g/mol. The number of nitrogens with zero attached hydrogens (tertiary/aromatic N) is 1. The van der Waals surface area contributed by atoms with Crippen LogP contribution in [0.25, 0.3) is 0 Å². The highest BCUT2D eigenvalue weighted by Gasteiger charge is 2.51. The zero-order valence-corrected chi connectivity index (χ0v) is 25.7. The molecule has 7 N–H and O–H groups in total. The van der Waals surface area contributed by atoms with Gasteiger partial charge in [0.25, 0.3) is 0 Å². The number of carbonyl (C=O) groups excluding carboxylic acids is 3. The van der Waals surface area contributed by atoms with Crippen molar-refractivity contribution in [1.82, 2.24) is 15.6 Å². The summed E-state index contributed by atoms with van der Waals surface area (Å²) in [6.45, 7) is 4.15. The van der Waals surface area contributed by atoms with Crippen LogP contribution in [0.15, 0.2) is 78.9 Å². The first-order valence-electron chi connectivity index (χ1n) is 14.2. The van der Waals surface area contributed by atoms with E-state index in [4.69, 9.17) is 16.2 Å². The quantitative estimate of drug-likeness (QED) is 0.132. The van der Waals surface area contributed by atoms with E-state index in [1.165, 1.54) is 19.1 Å². The fourth-order valence-corrected chi connectivity index (χ4v) is 6.04. The highest BCUT2D eigenvalue weighted by atomic mass is 32.1. The predicted molar refractivity (Wildman–Crippen MR) is 170 cm³/mol. The number of carboxylic acid groups (broad SMARTS) is 1. The largest absolute Gasteiger partial charge is 0.494 e. The standard InChI is InChI=1S/C33H35N5O6S/c1-3-44-25-15-13-24(14-16-25)33(30(35)42,32-38-20(2)27(45-32)29(40)41)31(43)37-19-26(23-7-5-4-6-8-23)28(39)36-18-22-11-9-21(17-34)10-12-22/h4-16,26H,3,17-19,34H2,1-2H3,(H2,35,42)(H,36,39)(H,37,43)(H,40,41)/t26-,33+/m0/s1. The number of ether oxygens (including phenoxy) is 1. The van der Waals surface area contributed by atoms with Gasteiger partial charge in [0, 0.05) is 19.6 Å². The molecule has 0 aliphatic heterocycles. The van der Waals surface area contributed by atoms with Crippen molar-refractivity contribution in [1.29, 1.82) is 0 Å². The Morgan fingerprint density at radius 1 is 0.956 bits per heavy atom. The van der Waals surface area contributed by atoms with Gasteiger partial charge in [-0.05, 0) is 48.2 Å². The normalized spacial score (nSPS) is 12.9. The lowest BCUT2D eigenvalue weighted by molar-refractivity contribution is -0.134. The lowest BCUT2D eigenvalue weighted by Crippen LogP contribution is -2.55. The molecule has 3 aromatic carbocycles. The molecule has 11 nitrogen and oxygen atoms in total. The number of aromatic nitrogens is 1. The molecule has 0 saturated carbocycles. The van der Waals surface area contributed by atoms with Crippen molar-refractivity contribution >= 4 is 35.0 Å². The minimum absolute atomic E-state index is 0.104. The van der Waals surface area contributed by atoms with Crippen LogP contribution in [0.5, 0.6) is 5.75 Å². The van der Waals surface area contributed by atoms with Crippen molar-refractivity contribution in [2.45, 2.75) is 38.3 Å². The third-order valence-electron chi connectivity index (χ3n) is 7.33. The Morgan fingerprint density at radius 3 is 2.16 bits per heavy atom. The van der Waals surface area contributed by atoms with E-state index in [1.54, 1.807) is 36.4 Å². The van der Waals surface area contributed by atoms with E-state index in [1.807, 2.05) is 37.3 Å². The Bertz CT molecular complexity index is 1660. The zero-order chi connectivity index (χ0) is 32.6. The highest BCUT2D eigenvalue weighted by Crippen LogP contribution is 2.38. The Morgan fingerprint density at radius 2 is 1.60 bits per heavy atom. The van der Waals surface area contributed by atoms with Crippen LogP contribution < -0.4 is 26.8 Å². The molecule has 4 aromatic rings. The van der Waals surface area contributed by atoms with Gasteiger partial charge in [0.2, 0.25) is 23.1 Å². The molecular formula is C33H35N5O6S. The summed E-state index contributed by atoms with van der Waals surface area (Å²) in [5.41, 5.74) is 12.2. The number of carbonyl (C=O) groups is 4. The lowest BCUT2D eigenvalue weighted by atomic mass is 9.78. The first-order valence-corrected chi connectivity index (χ1v) is 15.1. The number of nitrogens with one attached hydrogen (secondary N) is 2. The number of thiazole rings is 1. The van der Waals surface area contributed by atoms with Crippen LogP contribution in [0.4, 0.5) is 0 Å². The smallest absolute Gasteiger partial charge is 0.347 e. The number of hydrogen-bond acceptors (Lipinski definition) is 8. The maximum Gasteiger partial charge on any atom is 0.347 e. The molecule has 0 bridgehead atoms. The third-order valence-corrected chi connectivity index (χ3v) is 8.60. The zero-order valence-electron chi connectivity index (χ0n) is 24.9. The fourth-order valence-electron chi connectivity index (χ4n) is 4.91. The monoisotopic (exact) mass is 629 g/mol. The molecule has 1 heterocycles. The van der Waals surface area contributed by atoms with Crippen LogP contribution in [0, 0.1) is 6.92 Å². The van der Waals surface area contributed by atoms with Crippen LogP contribution in [0.1, 0.15) is 55.5 Å². The number of aromatic carboxylic acids is 1. The molecule has 45 heavy (non-hydrogen) atoms. The van der Waals surface area contributed by atoms with Crippen molar-refractivity contribution < 1.29 is 29.0 Å². The second-order valence-corrected chi connectivity index (χ2v) is 11.2. The first-order chi connectivity index (χ1) is 21.6. The van der Waals surface area contributed by atoms with Gasteiger partial charge in [-0.3, -0.25) is 14.4 Å². The number of carboxylic acids is 1.